The third-order valence-corrected chi connectivity index (χ3v) is 4.69. The molecule has 1 fully saturated rings. The van der Waals surface area contributed by atoms with Crippen LogP contribution in [0.3, 0.4) is 0 Å². The van der Waals surface area contributed by atoms with Gasteiger partial charge in [0.25, 0.3) is 5.91 Å². The van der Waals surface area contributed by atoms with Crippen molar-refractivity contribution >= 4 is 33.5 Å². The fourth-order valence-electron chi connectivity index (χ4n) is 2.90. The highest BCUT2D eigenvalue weighted by atomic mass is 79.9. The topological polar surface area (TPSA) is 61.4 Å². The van der Waals surface area contributed by atoms with Crippen molar-refractivity contribution in [3.8, 4) is 0 Å². The van der Waals surface area contributed by atoms with Crippen LogP contribution in [0, 0.1) is 6.92 Å². The fraction of sp³-hybridized carbons (Fsp3) is 0.389. The van der Waals surface area contributed by atoms with Crippen molar-refractivity contribution < 1.29 is 4.79 Å². The van der Waals surface area contributed by atoms with Crippen molar-refractivity contribution in [1.82, 2.24) is 14.9 Å². The van der Waals surface area contributed by atoms with Crippen LogP contribution in [0.5, 0.6) is 0 Å². The van der Waals surface area contributed by atoms with E-state index in [1.54, 1.807) is 0 Å². The Labute approximate surface area is 156 Å². The number of carbonyl (C=O) groups excluding carboxylic acids is 1. The van der Waals surface area contributed by atoms with Crippen LogP contribution in [0.4, 0.5) is 11.6 Å². The van der Waals surface area contributed by atoms with Crippen LogP contribution in [0.15, 0.2) is 34.8 Å². The second-order valence-corrected chi connectivity index (χ2v) is 6.89. The lowest BCUT2D eigenvalue weighted by molar-refractivity contribution is 0.0746. The van der Waals surface area contributed by atoms with Gasteiger partial charge in [-0.3, -0.25) is 4.79 Å². The van der Waals surface area contributed by atoms with Gasteiger partial charge < -0.3 is 15.1 Å². The summed E-state index contributed by atoms with van der Waals surface area (Å²) in [6.07, 6.45) is 0. The Morgan fingerprint density at radius 3 is 2.48 bits per heavy atom. The van der Waals surface area contributed by atoms with Crippen LogP contribution in [0.25, 0.3) is 0 Å². The van der Waals surface area contributed by atoms with Gasteiger partial charge in [0, 0.05) is 48.8 Å². The summed E-state index contributed by atoms with van der Waals surface area (Å²) in [7, 11) is 0. The van der Waals surface area contributed by atoms with Crippen LogP contribution < -0.4 is 10.2 Å². The molecule has 6 nitrogen and oxygen atoms in total. The Morgan fingerprint density at radius 1 is 1.16 bits per heavy atom. The lowest BCUT2D eigenvalue weighted by atomic mass is 10.2. The van der Waals surface area contributed by atoms with Gasteiger partial charge in [-0.15, -0.1) is 0 Å². The quantitative estimate of drug-likeness (QED) is 0.849. The second kappa shape index (κ2) is 7.82. The molecule has 1 aliphatic heterocycles. The normalized spacial score (nSPS) is 14.5. The summed E-state index contributed by atoms with van der Waals surface area (Å²) < 4.78 is 0.976. The monoisotopic (exact) mass is 403 g/mol. The first-order chi connectivity index (χ1) is 12.1. The van der Waals surface area contributed by atoms with E-state index in [9.17, 15) is 4.79 Å². The van der Waals surface area contributed by atoms with Crippen molar-refractivity contribution in [3.63, 3.8) is 0 Å². The van der Waals surface area contributed by atoms with Gasteiger partial charge in [-0.25, -0.2) is 9.97 Å². The molecule has 0 bridgehead atoms. The van der Waals surface area contributed by atoms with Gasteiger partial charge in [-0.05, 0) is 38.1 Å². The van der Waals surface area contributed by atoms with Gasteiger partial charge in [-0.2, -0.15) is 0 Å². The number of amides is 1. The number of hydrogen-bond acceptors (Lipinski definition) is 5. The molecular weight excluding hydrogens is 382 g/mol. The molecule has 2 aromatic rings. The molecule has 0 unspecified atom stereocenters. The Kier molecular flexibility index (Phi) is 5.53. The number of piperazine rings is 1. The summed E-state index contributed by atoms with van der Waals surface area (Å²) >= 11 is 3.40. The van der Waals surface area contributed by atoms with Gasteiger partial charge in [0.15, 0.2) is 0 Å². The number of anilines is 2. The second-order valence-electron chi connectivity index (χ2n) is 5.98. The molecular formula is C18H22BrN5O. The molecule has 0 aliphatic carbocycles. The van der Waals surface area contributed by atoms with Crippen molar-refractivity contribution in [2.45, 2.75) is 13.8 Å². The Bertz CT molecular complexity index is 742. The third-order valence-electron chi connectivity index (χ3n) is 4.16. The Balaban J connectivity index is 1.65. The highest BCUT2D eigenvalue weighted by Crippen LogP contribution is 2.19. The molecule has 1 aliphatic rings. The molecule has 1 aromatic carbocycles. The van der Waals surface area contributed by atoms with Gasteiger partial charge in [0.2, 0.25) is 0 Å². The summed E-state index contributed by atoms with van der Waals surface area (Å²) in [6.45, 7) is 7.68. The van der Waals surface area contributed by atoms with E-state index < -0.39 is 0 Å². The maximum atomic E-state index is 12.6. The van der Waals surface area contributed by atoms with Crippen LogP contribution in [-0.2, 0) is 0 Å². The number of carbonyl (C=O) groups is 1. The maximum absolute atomic E-state index is 12.6. The number of halogens is 1. The van der Waals surface area contributed by atoms with E-state index in [-0.39, 0.29) is 5.91 Å². The number of benzene rings is 1. The van der Waals surface area contributed by atoms with Crippen molar-refractivity contribution in [1.29, 1.82) is 0 Å². The maximum Gasteiger partial charge on any atom is 0.253 e. The molecule has 0 spiro atoms. The van der Waals surface area contributed by atoms with E-state index in [1.807, 2.05) is 49.1 Å². The van der Waals surface area contributed by atoms with Gasteiger partial charge in [-0.1, -0.05) is 15.9 Å². The number of hydrogen-bond donors (Lipinski definition) is 1. The first-order valence-electron chi connectivity index (χ1n) is 8.46. The first-order valence-corrected chi connectivity index (χ1v) is 9.25. The third kappa shape index (κ3) is 4.28. The number of aromatic nitrogens is 2. The minimum absolute atomic E-state index is 0.0827. The molecule has 0 radical (unpaired) electrons. The Hall–Kier alpha value is -2.15. The molecule has 1 amide bonds. The van der Waals surface area contributed by atoms with E-state index in [0.717, 1.165) is 47.1 Å². The number of rotatable bonds is 4. The highest BCUT2D eigenvalue weighted by molar-refractivity contribution is 9.10. The summed E-state index contributed by atoms with van der Waals surface area (Å²) in [4.78, 5) is 25.6. The molecule has 132 valence electrons. The van der Waals surface area contributed by atoms with Gasteiger partial charge in [0.1, 0.15) is 17.5 Å². The van der Waals surface area contributed by atoms with E-state index in [1.165, 1.54) is 0 Å². The van der Waals surface area contributed by atoms with Crippen LogP contribution in [-0.4, -0.2) is 53.5 Å². The summed E-state index contributed by atoms with van der Waals surface area (Å²) in [5.41, 5.74) is 0.726. The zero-order valence-electron chi connectivity index (χ0n) is 14.5. The van der Waals surface area contributed by atoms with E-state index in [4.69, 9.17) is 0 Å². The molecule has 1 aromatic heterocycles. The first kappa shape index (κ1) is 17.7. The van der Waals surface area contributed by atoms with E-state index >= 15 is 0 Å². The zero-order chi connectivity index (χ0) is 17.8. The van der Waals surface area contributed by atoms with Crippen molar-refractivity contribution in [2.75, 3.05) is 42.9 Å². The largest absolute Gasteiger partial charge is 0.370 e. The van der Waals surface area contributed by atoms with Crippen LogP contribution in [0.2, 0.25) is 0 Å². The molecule has 3 rings (SSSR count). The van der Waals surface area contributed by atoms with Crippen LogP contribution >= 0.6 is 15.9 Å². The average molecular weight is 404 g/mol. The Morgan fingerprint density at radius 2 is 1.84 bits per heavy atom. The predicted molar refractivity (Wildman–Crippen MR) is 103 cm³/mol. The average Bonchev–Trinajstić information content (AvgIpc) is 2.62. The molecule has 0 saturated carbocycles. The molecule has 2 heterocycles. The standard InChI is InChI=1S/C18H22BrN5O/c1-3-20-16-12-17(22-13(2)21-16)23-8-10-24(11-9-23)18(25)14-4-6-15(19)7-5-14/h4-7,12H,3,8-11H2,1-2H3,(H,20,21,22). The van der Waals surface area contributed by atoms with Gasteiger partial charge >= 0.3 is 0 Å². The van der Waals surface area contributed by atoms with Crippen molar-refractivity contribution in [3.05, 3.63) is 46.2 Å². The van der Waals surface area contributed by atoms with Crippen molar-refractivity contribution in [2.24, 2.45) is 0 Å². The summed E-state index contributed by atoms with van der Waals surface area (Å²) in [6, 6.07) is 9.48. The van der Waals surface area contributed by atoms with Gasteiger partial charge in [0.05, 0.1) is 0 Å². The van der Waals surface area contributed by atoms with E-state index in [2.05, 4.69) is 36.1 Å². The lowest BCUT2D eigenvalue weighted by Gasteiger charge is -2.35. The van der Waals surface area contributed by atoms with Crippen LogP contribution in [0.1, 0.15) is 23.1 Å². The molecule has 25 heavy (non-hydrogen) atoms. The zero-order valence-corrected chi connectivity index (χ0v) is 16.1. The fourth-order valence-corrected chi connectivity index (χ4v) is 3.16. The SMILES string of the molecule is CCNc1cc(N2CCN(C(=O)c3ccc(Br)cc3)CC2)nc(C)n1. The minimum Gasteiger partial charge on any atom is -0.370 e. The lowest BCUT2D eigenvalue weighted by Crippen LogP contribution is -2.49. The van der Waals surface area contributed by atoms with E-state index in [0.29, 0.717) is 13.1 Å². The summed E-state index contributed by atoms with van der Waals surface area (Å²) in [5.74, 6) is 2.60. The number of nitrogens with zero attached hydrogens (tertiary/aromatic N) is 4. The number of aryl methyl sites for hydroxylation is 1. The molecule has 1 saturated heterocycles. The highest BCUT2D eigenvalue weighted by Gasteiger charge is 2.23. The molecule has 7 heteroatoms. The molecule has 0 atom stereocenters. The molecule has 1 N–H and O–H groups in total. The predicted octanol–water partition coefficient (Wildman–Crippen LogP) is 2.94. The summed E-state index contributed by atoms with van der Waals surface area (Å²) in [5, 5.41) is 3.23. The smallest absolute Gasteiger partial charge is 0.253 e. The minimum atomic E-state index is 0.0827. The number of nitrogens with one attached hydrogen (secondary N) is 1.